The third kappa shape index (κ3) is 5.20. The quantitative estimate of drug-likeness (QED) is 0.790. The Morgan fingerprint density at radius 2 is 2.06 bits per heavy atom. The molecule has 1 rings (SSSR count). The number of hydrogen-bond acceptors (Lipinski definition) is 3. The van der Waals surface area contributed by atoms with E-state index in [4.69, 9.17) is 9.47 Å². The Morgan fingerprint density at radius 3 is 2.71 bits per heavy atom. The van der Waals surface area contributed by atoms with Crippen LogP contribution in [0.2, 0.25) is 0 Å². The van der Waals surface area contributed by atoms with Crippen molar-refractivity contribution in [2.45, 2.75) is 32.9 Å². The molecule has 0 unspecified atom stereocenters. The molecule has 0 aliphatic carbocycles. The smallest absolute Gasteiger partial charge is 0.119 e. The number of nitrogens with one attached hydrogen (secondary N) is 1. The van der Waals surface area contributed by atoms with Crippen molar-refractivity contribution in [3.05, 3.63) is 29.8 Å². The molecule has 0 bridgehead atoms. The molecule has 0 saturated carbocycles. The minimum atomic E-state index is -0.0175. The van der Waals surface area contributed by atoms with Crippen LogP contribution in [0.25, 0.3) is 0 Å². The molecule has 0 aliphatic heterocycles. The van der Waals surface area contributed by atoms with Crippen LogP contribution in [0.3, 0.4) is 0 Å². The highest BCUT2D eigenvalue weighted by Gasteiger charge is 2.16. The van der Waals surface area contributed by atoms with Gasteiger partial charge < -0.3 is 14.8 Å². The van der Waals surface area contributed by atoms with Crippen LogP contribution >= 0.6 is 0 Å². The summed E-state index contributed by atoms with van der Waals surface area (Å²) < 4.78 is 10.6. The fourth-order valence-corrected chi connectivity index (χ4v) is 1.67. The molecule has 1 aromatic rings. The molecule has 0 atom stereocenters. The summed E-state index contributed by atoms with van der Waals surface area (Å²) in [6.07, 6.45) is 0. The Morgan fingerprint density at radius 1 is 1.29 bits per heavy atom. The van der Waals surface area contributed by atoms with Crippen LogP contribution in [0.15, 0.2) is 24.3 Å². The van der Waals surface area contributed by atoms with Crippen molar-refractivity contribution in [1.82, 2.24) is 5.32 Å². The highest BCUT2D eigenvalue weighted by atomic mass is 16.5. The number of benzene rings is 1. The van der Waals surface area contributed by atoms with Gasteiger partial charge in [0.2, 0.25) is 0 Å². The van der Waals surface area contributed by atoms with Gasteiger partial charge in [0, 0.05) is 19.2 Å². The second-order valence-electron chi connectivity index (χ2n) is 4.75. The van der Waals surface area contributed by atoms with Crippen LogP contribution in [0.4, 0.5) is 0 Å². The average molecular weight is 237 g/mol. The maximum atomic E-state index is 5.47. The van der Waals surface area contributed by atoms with Crippen molar-refractivity contribution in [2.24, 2.45) is 0 Å². The van der Waals surface area contributed by atoms with Crippen LogP contribution in [0.1, 0.15) is 26.3 Å². The summed E-state index contributed by atoms with van der Waals surface area (Å²) in [5.74, 6) is 0.927. The van der Waals surface area contributed by atoms with Gasteiger partial charge >= 0.3 is 0 Å². The van der Waals surface area contributed by atoms with Crippen LogP contribution < -0.4 is 10.1 Å². The fourth-order valence-electron chi connectivity index (χ4n) is 1.67. The first kappa shape index (κ1) is 14.0. The van der Waals surface area contributed by atoms with Gasteiger partial charge in [0.25, 0.3) is 0 Å². The highest BCUT2D eigenvalue weighted by Crippen LogP contribution is 2.14. The summed E-state index contributed by atoms with van der Waals surface area (Å²) in [6.45, 7) is 8.46. The minimum Gasteiger partial charge on any atom is -0.494 e. The summed E-state index contributed by atoms with van der Waals surface area (Å²) in [5, 5.41) is 3.46. The Hall–Kier alpha value is -1.06. The fraction of sp³-hybridized carbons (Fsp3) is 0.571. The molecule has 0 saturated heterocycles. The van der Waals surface area contributed by atoms with Gasteiger partial charge in [-0.25, -0.2) is 0 Å². The molecule has 0 radical (unpaired) electrons. The number of ether oxygens (including phenoxy) is 2. The lowest BCUT2D eigenvalue weighted by molar-refractivity contribution is 0.127. The molecule has 0 aliphatic rings. The first-order valence-electron chi connectivity index (χ1n) is 6.03. The molecule has 0 heterocycles. The normalized spacial score (nSPS) is 11.5. The maximum absolute atomic E-state index is 5.47. The summed E-state index contributed by atoms with van der Waals surface area (Å²) in [4.78, 5) is 0. The van der Waals surface area contributed by atoms with Crippen LogP contribution in [0, 0.1) is 0 Å². The van der Waals surface area contributed by atoms with E-state index in [-0.39, 0.29) is 5.54 Å². The third-order valence-corrected chi connectivity index (χ3v) is 2.49. The van der Waals surface area contributed by atoms with Crippen molar-refractivity contribution in [2.75, 3.05) is 20.3 Å². The van der Waals surface area contributed by atoms with Gasteiger partial charge in [0.15, 0.2) is 0 Å². The highest BCUT2D eigenvalue weighted by molar-refractivity contribution is 5.28. The monoisotopic (exact) mass is 237 g/mol. The van der Waals surface area contributed by atoms with E-state index >= 15 is 0 Å². The minimum absolute atomic E-state index is 0.0175. The van der Waals surface area contributed by atoms with Gasteiger partial charge in [-0.3, -0.25) is 0 Å². The van der Waals surface area contributed by atoms with Crippen molar-refractivity contribution < 1.29 is 9.47 Å². The largest absolute Gasteiger partial charge is 0.494 e. The van der Waals surface area contributed by atoms with E-state index < -0.39 is 0 Å². The second kappa shape index (κ2) is 6.62. The van der Waals surface area contributed by atoms with E-state index in [1.54, 1.807) is 7.11 Å². The lowest BCUT2D eigenvalue weighted by Gasteiger charge is -2.25. The van der Waals surface area contributed by atoms with E-state index in [0.717, 1.165) is 12.3 Å². The zero-order chi connectivity index (χ0) is 12.7. The molecule has 1 N–H and O–H groups in total. The number of hydrogen-bond donors (Lipinski definition) is 1. The van der Waals surface area contributed by atoms with Crippen molar-refractivity contribution in [3.63, 3.8) is 0 Å². The molecule has 0 fully saturated rings. The molecular weight excluding hydrogens is 214 g/mol. The summed E-state index contributed by atoms with van der Waals surface area (Å²) >= 11 is 0. The molecule has 0 spiro atoms. The molecule has 96 valence electrons. The SMILES string of the molecule is CCOc1cccc(CNC(C)(C)COC)c1. The topological polar surface area (TPSA) is 30.5 Å². The molecule has 17 heavy (non-hydrogen) atoms. The molecule has 3 nitrogen and oxygen atoms in total. The lowest BCUT2D eigenvalue weighted by Crippen LogP contribution is -2.42. The maximum Gasteiger partial charge on any atom is 0.119 e. The van der Waals surface area contributed by atoms with Gasteiger partial charge in [-0.2, -0.15) is 0 Å². The number of rotatable bonds is 7. The second-order valence-corrected chi connectivity index (χ2v) is 4.75. The zero-order valence-electron chi connectivity index (χ0n) is 11.2. The van der Waals surface area contributed by atoms with Crippen LogP contribution in [-0.4, -0.2) is 25.9 Å². The van der Waals surface area contributed by atoms with E-state index in [2.05, 4.69) is 31.3 Å². The zero-order valence-corrected chi connectivity index (χ0v) is 11.2. The Kier molecular flexibility index (Phi) is 5.45. The molecule has 0 aromatic heterocycles. The van der Waals surface area contributed by atoms with Crippen LogP contribution in [-0.2, 0) is 11.3 Å². The predicted molar refractivity (Wildman–Crippen MR) is 70.4 cm³/mol. The standard InChI is InChI=1S/C14H23NO2/c1-5-17-13-8-6-7-12(9-13)10-15-14(2,3)11-16-4/h6-9,15H,5,10-11H2,1-4H3. The summed E-state index contributed by atoms with van der Waals surface area (Å²) in [5.41, 5.74) is 1.20. The molecule has 0 amide bonds. The van der Waals surface area contributed by atoms with Crippen molar-refractivity contribution in [1.29, 1.82) is 0 Å². The van der Waals surface area contributed by atoms with Gasteiger partial charge in [0.1, 0.15) is 5.75 Å². The third-order valence-electron chi connectivity index (χ3n) is 2.49. The summed E-state index contributed by atoms with van der Waals surface area (Å²) in [6, 6.07) is 8.16. The van der Waals surface area contributed by atoms with Crippen LogP contribution in [0.5, 0.6) is 5.75 Å². The van der Waals surface area contributed by atoms with E-state index in [1.807, 2.05) is 19.1 Å². The van der Waals surface area contributed by atoms with E-state index in [1.165, 1.54) is 5.56 Å². The first-order chi connectivity index (χ1) is 8.07. The van der Waals surface area contributed by atoms with Gasteiger partial charge in [-0.15, -0.1) is 0 Å². The van der Waals surface area contributed by atoms with Gasteiger partial charge in [-0.05, 0) is 38.5 Å². The van der Waals surface area contributed by atoms with E-state index in [9.17, 15) is 0 Å². The predicted octanol–water partition coefficient (Wildman–Crippen LogP) is 2.60. The molecular formula is C14H23NO2. The molecule has 1 aromatic carbocycles. The average Bonchev–Trinajstić information content (AvgIpc) is 2.28. The van der Waals surface area contributed by atoms with Gasteiger partial charge in [-0.1, -0.05) is 12.1 Å². The Labute approximate surface area is 104 Å². The Bertz CT molecular complexity index is 337. The Balaban J connectivity index is 2.53. The molecule has 3 heteroatoms. The van der Waals surface area contributed by atoms with Gasteiger partial charge in [0.05, 0.1) is 13.2 Å². The lowest BCUT2D eigenvalue weighted by atomic mass is 10.1. The van der Waals surface area contributed by atoms with E-state index in [0.29, 0.717) is 13.2 Å². The number of methoxy groups -OCH3 is 1. The van der Waals surface area contributed by atoms with Crippen molar-refractivity contribution >= 4 is 0 Å². The van der Waals surface area contributed by atoms with Crippen molar-refractivity contribution in [3.8, 4) is 5.75 Å². The first-order valence-corrected chi connectivity index (χ1v) is 6.03. The summed E-state index contributed by atoms with van der Waals surface area (Å²) in [7, 11) is 1.72.